The molecular formula is C17H24N2O. The molecule has 2 fully saturated rings. The number of hydrogen-bond donors (Lipinski definition) is 0. The van der Waals surface area contributed by atoms with Gasteiger partial charge in [-0.3, -0.25) is 4.79 Å². The number of likely N-dealkylation sites (tertiary alicyclic amines) is 1. The fraction of sp³-hybridized carbons (Fsp3) is 0.588. The van der Waals surface area contributed by atoms with E-state index >= 15 is 0 Å². The van der Waals surface area contributed by atoms with Gasteiger partial charge in [0, 0.05) is 24.7 Å². The molecule has 0 N–H and O–H groups in total. The summed E-state index contributed by atoms with van der Waals surface area (Å²) in [4.78, 5) is 17.0. The van der Waals surface area contributed by atoms with Crippen molar-refractivity contribution >= 4 is 11.6 Å². The largest absolute Gasteiger partial charge is 0.311 e. The number of carbonyl (C=O) groups excluding carboxylic acids is 1. The molecule has 1 saturated heterocycles. The monoisotopic (exact) mass is 272 g/mol. The zero-order chi connectivity index (χ0) is 13.9. The van der Waals surface area contributed by atoms with E-state index in [1.54, 1.807) is 0 Å². The molecule has 0 spiro atoms. The van der Waals surface area contributed by atoms with E-state index in [9.17, 15) is 4.79 Å². The van der Waals surface area contributed by atoms with Gasteiger partial charge in [0.15, 0.2) is 0 Å². The average Bonchev–Trinajstić information content (AvgIpc) is 3.18. The SMILES string of the molecule is Cc1ccc(N(CCN2CCCC2)C(=O)C2CC2)cc1. The van der Waals surface area contributed by atoms with Crippen LogP contribution in [0.25, 0.3) is 0 Å². The smallest absolute Gasteiger partial charge is 0.230 e. The van der Waals surface area contributed by atoms with Gasteiger partial charge in [0.25, 0.3) is 0 Å². The van der Waals surface area contributed by atoms with Crippen LogP contribution >= 0.6 is 0 Å². The van der Waals surface area contributed by atoms with Gasteiger partial charge in [-0.05, 0) is 57.8 Å². The molecular weight excluding hydrogens is 248 g/mol. The van der Waals surface area contributed by atoms with Crippen molar-refractivity contribution in [1.29, 1.82) is 0 Å². The maximum atomic E-state index is 12.5. The molecule has 2 aliphatic rings. The maximum Gasteiger partial charge on any atom is 0.230 e. The number of benzene rings is 1. The van der Waals surface area contributed by atoms with E-state index in [0.29, 0.717) is 5.91 Å². The van der Waals surface area contributed by atoms with E-state index in [1.807, 2.05) is 4.90 Å². The molecule has 0 aromatic heterocycles. The molecule has 1 aliphatic heterocycles. The van der Waals surface area contributed by atoms with Crippen molar-refractivity contribution in [2.45, 2.75) is 32.6 Å². The zero-order valence-corrected chi connectivity index (χ0v) is 12.3. The van der Waals surface area contributed by atoms with Crippen molar-refractivity contribution in [1.82, 2.24) is 4.90 Å². The molecule has 108 valence electrons. The highest BCUT2D eigenvalue weighted by Gasteiger charge is 2.34. The summed E-state index contributed by atoms with van der Waals surface area (Å²) >= 11 is 0. The first kappa shape index (κ1) is 13.6. The molecule has 3 rings (SSSR count). The van der Waals surface area contributed by atoms with Gasteiger partial charge in [0.2, 0.25) is 5.91 Å². The second-order valence-corrected chi connectivity index (χ2v) is 6.15. The van der Waals surface area contributed by atoms with Crippen LogP contribution in [0, 0.1) is 12.8 Å². The highest BCUT2D eigenvalue weighted by atomic mass is 16.2. The van der Waals surface area contributed by atoms with Crippen LogP contribution in [0.1, 0.15) is 31.2 Å². The summed E-state index contributed by atoms with van der Waals surface area (Å²) in [6.07, 6.45) is 4.76. The van der Waals surface area contributed by atoms with Crippen LogP contribution in [0.4, 0.5) is 5.69 Å². The van der Waals surface area contributed by atoms with E-state index in [1.165, 1.54) is 31.5 Å². The Morgan fingerprint density at radius 1 is 1.20 bits per heavy atom. The van der Waals surface area contributed by atoms with Crippen LogP contribution in [0.3, 0.4) is 0 Å². The third-order valence-corrected chi connectivity index (χ3v) is 4.38. The quantitative estimate of drug-likeness (QED) is 0.823. The molecule has 1 aromatic carbocycles. The third kappa shape index (κ3) is 3.21. The Morgan fingerprint density at radius 3 is 2.45 bits per heavy atom. The predicted molar refractivity (Wildman–Crippen MR) is 81.9 cm³/mol. The van der Waals surface area contributed by atoms with Gasteiger partial charge >= 0.3 is 0 Å². The van der Waals surface area contributed by atoms with E-state index in [-0.39, 0.29) is 5.92 Å². The number of amides is 1. The van der Waals surface area contributed by atoms with E-state index in [2.05, 4.69) is 36.1 Å². The fourth-order valence-corrected chi connectivity index (χ4v) is 2.89. The fourth-order valence-electron chi connectivity index (χ4n) is 2.89. The molecule has 0 radical (unpaired) electrons. The van der Waals surface area contributed by atoms with Gasteiger partial charge in [-0.25, -0.2) is 0 Å². The second kappa shape index (κ2) is 5.96. The molecule has 3 heteroatoms. The van der Waals surface area contributed by atoms with Crippen LogP contribution in [0.2, 0.25) is 0 Å². The summed E-state index contributed by atoms with van der Waals surface area (Å²) in [7, 11) is 0. The van der Waals surface area contributed by atoms with Crippen LogP contribution in [0.5, 0.6) is 0 Å². The summed E-state index contributed by atoms with van der Waals surface area (Å²) in [6, 6.07) is 8.36. The summed E-state index contributed by atoms with van der Waals surface area (Å²) in [5, 5.41) is 0. The maximum absolute atomic E-state index is 12.5. The minimum Gasteiger partial charge on any atom is -0.311 e. The lowest BCUT2D eigenvalue weighted by Crippen LogP contribution is -2.38. The molecule has 20 heavy (non-hydrogen) atoms. The number of rotatable bonds is 5. The van der Waals surface area contributed by atoms with E-state index in [4.69, 9.17) is 0 Å². The number of carbonyl (C=O) groups is 1. The van der Waals surface area contributed by atoms with Crippen molar-refractivity contribution in [2.24, 2.45) is 5.92 Å². The van der Waals surface area contributed by atoms with Crippen molar-refractivity contribution in [3.8, 4) is 0 Å². The number of anilines is 1. The first-order valence-electron chi connectivity index (χ1n) is 7.84. The lowest BCUT2D eigenvalue weighted by atomic mass is 10.2. The Kier molecular flexibility index (Phi) is 4.06. The number of nitrogens with zero attached hydrogens (tertiary/aromatic N) is 2. The van der Waals surface area contributed by atoms with Crippen molar-refractivity contribution in [3.63, 3.8) is 0 Å². The van der Waals surface area contributed by atoms with E-state index < -0.39 is 0 Å². The highest BCUT2D eigenvalue weighted by Crippen LogP contribution is 2.32. The molecule has 1 saturated carbocycles. The summed E-state index contributed by atoms with van der Waals surface area (Å²) in [6.45, 7) is 6.31. The van der Waals surface area contributed by atoms with Crippen LogP contribution in [-0.2, 0) is 4.79 Å². The molecule has 1 heterocycles. The number of hydrogen-bond acceptors (Lipinski definition) is 2. The van der Waals surface area contributed by atoms with Gasteiger partial charge < -0.3 is 9.80 Å². The number of aryl methyl sites for hydroxylation is 1. The Morgan fingerprint density at radius 2 is 1.85 bits per heavy atom. The highest BCUT2D eigenvalue weighted by molar-refractivity contribution is 5.96. The molecule has 0 unspecified atom stereocenters. The van der Waals surface area contributed by atoms with Crippen LogP contribution in [-0.4, -0.2) is 37.0 Å². The molecule has 1 aliphatic carbocycles. The summed E-state index contributed by atoms with van der Waals surface area (Å²) in [5.74, 6) is 0.614. The second-order valence-electron chi connectivity index (χ2n) is 6.15. The summed E-state index contributed by atoms with van der Waals surface area (Å²) < 4.78 is 0. The van der Waals surface area contributed by atoms with Gasteiger partial charge in [-0.15, -0.1) is 0 Å². The Bertz CT molecular complexity index is 458. The molecule has 0 bridgehead atoms. The van der Waals surface area contributed by atoms with Crippen molar-refractivity contribution < 1.29 is 4.79 Å². The normalized spacial score (nSPS) is 19.2. The van der Waals surface area contributed by atoms with Gasteiger partial charge in [0.05, 0.1) is 0 Å². The first-order valence-corrected chi connectivity index (χ1v) is 7.84. The lowest BCUT2D eigenvalue weighted by molar-refractivity contribution is -0.119. The lowest BCUT2D eigenvalue weighted by Gasteiger charge is -2.26. The van der Waals surface area contributed by atoms with Crippen LogP contribution < -0.4 is 4.90 Å². The Hall–Kier alpha value is -1.35. The van der Waals surface area contributed by atoms with E-state index in [0.717, 1.165) is 31.6 Å². The molecule has 0 atom stereocenters. The van der Waals surface area contributed by atoms with Gasteiger partial charge in [-0.2, -0.15) is 0 Å². The van der Waals surface area contributed by atoms with Gasteiger partial charge in [0.1, 0.15) is 0 Å². The minimum atomic E-state index is 0.287. The Labute approximate surface area is 121 Å². The topological polar surface area (TPSA) is 23.6 Å². The molecule has 3 nitrogen and oxygen atoms in total. The Balaban J connectivity index is 1.69. The molecule has 1 amide bonds. The first-order chi connectivity index (χ1) is 9.74. The van der Waals surface area contributed by atoms with Crippen molar-refractivity contribution in [3.05, 3.63) is 29.8 Å². The van der Waals surface area contributed by atoms with Crippen molar-refractivity contribution in [2.75, 3.05) is 31.1 Å². The predicted octanol–water partition coefficient (Wildman–Crippen LogP) is 2.83. The third-order valence-electron chi connectivity index (χ3n) is 4.38. The minimum absolute atomic E-state index is 0.287. The van der Waals surface area contributed by atoms with Gasteiger partial charge in [-0.1, -0.05) is 17.7 Å². The van der Waals surface area contributed by atoms with Crippen LogP contribution in [0.15, 0.2) is 24.3 Å². The summed E-state index contributed by atoms with van der Waals surface area (Å²) in [5.41, 5.74) is 2.30. The zero-order valence-electron chi connectivity index (χ0n) is 12.3. The molecule has 1 aromatic rings. The average molecular weight is 272 g/mol. The standard InChI is InChI=1S/C17H24N2O/c1-14-4-8-16(9-5-14)19(17(20)15-6-7-15)13-12-18-10-2-3-11-18/h4-5,8-9,15H,2-3,6-7,10-13H2,1H3.